The van der Waals surface area contributed by atoms with Gasteiger partial charge in [-0.1, -0.05) is 30.3 Å². The number of benzene rings is 2. The molecule has 4 fully saturated rings. The maximum absolute atomic E-state index is 13.6. The average molecular weight is 443 g/mol. The van der Waals surface area contributed by atoms with E-state index >= 15 is 0 Å². The van der Waals surface area contributed by atoms with Crippen molar-refractivity contribution in [3.8, 4) is 5.69 Å². The SMILES string of the molecule is O=C(Nc1ccccc1[N+](=O)[O-])c1cn(-c2ccccc2)nc1C12CC3CC(CC(C3)C1)C2. The summed E-state index contributed by atoms with van der Waals surface area (Å²) < 4.78 is 1.79. The van der Waals surface area contributed by atoms with Crippen LogP contribution in [0.1, 0.15) is 54.6 Å². The van der Waals surface area contributed by atoms with E-state index in [-0.39, 0.29) is 22.7 Å². The summed E-state index contributed by atoms with van der Waals surface area (Å²) in [6.07, 6.45) is 8.94. The number of carbonyl (C=O) groups is 1. The predicted molar refractivity (Wildman–Crippen MR) is 124 cm³/mol. The highest BCUT2D eigenvalue weighted by Gasteiger charge is 2.54. The van der Waals surface area contributed by atoms with Crippen LogP contribution in [0.2, 0.25) is 0 Å². The third kappa shape index (κ3) is 3.43. The Hall–Kier alpha value is -3.48. The van der Waals surface area contributed by atoms with E-state index in [0.29, 0.717) is 23.3 Å². The topological polar surface area (TPSA) is 90.1 Å². The molecule has 1 N–H and O–H groups in total. The Labute approximate surface area is 192 Å². The zero-order chi connectivity index (χ0) is 22.6. The van der Waals surface area contributed by atoms with Gasteiger partial charge in [-0.25, -0.2) is 4.68 Å². The number of nitrogens with zero attached hydrogens (tertiary/aromatic N) is 3. The molecule has 0 saturated heterocycles. The second-order valence-electron chi connectivity index (χ2n) is 10.1. The number of nitro groups is 1. The van der Waals surface area contributed by atoms with Crippen molar-refractivity contribution in [1.82, 2.24) is 9.78 Å². The fraction of sp³-hybridized carbons (Fsp3) is 0.385. The van der Waals surface area contributed by atoms with Crippen LogP contribution in [0.25, 0.3) is 5.69 Å². The second-order valence-corrected chi connectivity index (χ2v) is 10.1. The van der Waals surface area contributed by atoms with Crippen LogP contribution in [0.15, 0.2) is 60.8 Å². The number of amides is 1. The summed E-state index contributed by atoms with van der Waals surface area (Å²) in [4.78, 5) is 24.6. The summed E-state index contributed by atoms with van der Waals surface area (Å²) in [6.45, 7) is 0. The zero-order valence-corrected chi connectivity index (χ0v) is 18.3. The monoisotopic (exact) mass is 442 g/mol. The second kappa shape index (κ2) is 7.54. The van der Waals surface area contributed by atoms with Gasteiger partial charge in [0.1, 0.15) is 5.69 Å². The Kier molecular flexibility index (Phi) is 4.60. The standard InChI is InChI=1S/C26H26N4O3/c31-25(27-22-8-4-5-9-23(22)30(32)33)21-16-29(20-6-2-1-3-7-20)28-24(21)26-13-17-10-18(14-26)12-19(11-17)15-26/h1-9,16-19H,10-15H2,(H,27,31). The molecule has 7 heteroatoms. The average Bonchev–Trinajstić information content (AvgIpc) is 3.26. The minimum absolute atomic E-state index is 0.0793. The molecular weight excluding hydrogens is 416 g/mol. The number of para-hydroxylation sites is 3. The summed E-state index contributed by atoms with van der Waals surface area (Å²) in [6, 6.07) is 16.1. The number of rotatable bonds is 5. The Morgan fingerprint density at radius 2 is 1.58 bits per heavy atom. The summed E-state index contributed by atoms with van der Waals surface area (Å²) in [7, 11) is 0. The van der Waals surface area contributed by atoms with Crippen molar-refractivity contribution in [1.29, 1.82) is 0 Å². The third-order valence-corrected chi connectivity index (χ3v) is 7.87. The van der Waals surface area contributed by atoms with E-state index in [1.54, 1.807) is 29.1 Å². The quantitative estimate of drug-likeness (QED) is 0.417. The fourth-order valence-electron chi connectivity index (χ4n) is 6.97. The van der Waals surface area contributed by atoms with Crippen LogP contribution in [0.3, 0.4) is 0 Å². The first-order chi connectivity index (χ1) is 16.0. The van der Waals surface area contributed by atoms with Crippen LogP contribution in [0.5, 0.6) is 0 Å². The lowest BCUT2D eigenvalue weighted by atomic mass is 9.48. The summed E-state index contributed by atoms with van der Waals surface area (Å²) >= 11 is 0. The number of anilines is 1. The summed E-state index contributed by atoms with van der Waals surface area (Å²) in [5.74, 6) is 1.80. The van der Waals surface area contributed by atoms with Crippen LogP contribution < -0.4 is 5.32 Å². The van der Waals surface area contributed by atoms with Gasteiger partial charge in [-0.05, 0) is 74.5 Å². The maximum Gasteiger partial charge on any atom is 0.292 e. The lowest BCUT2D eigenvalue weighted by Gasteiger charge is -2.56. The molecular formula is C26H26N4O3. The van der Waals surface area contributed by atoms with E-state index in [9.17, 15) is 14.9 Å². The molecule has 4 bridgehead atoms. The molecule has 168 valence electrons. The van der Waals surface area contributed by atoms with E-state index in [1.165, 1.54) is 25.3 Å². The largest absolute Gasteiger partial charge is 0.316 e. The third-order valence-electron chi connectivity index (χ3n) is 7.87. The summed E-state index contributed by atoms with van der Waals surface area (Å²) in [5, 5.41) is 19.3. The van der Waals surface area contributed by atoms with E-state index in [0.717, 1.165) is 30.6 Å². The van der Waals surface area contributed by atoms with E-state index < -0.39 is 4.92 Å². The van der Waals surface area contributed by atoms with Crippen molar-refractivity contribution in [3.05, 3.63) is 82.2 Å². The Bertz CT molecular complexity index is 1200. The molecule has 4 aliphatic carbocycles. The van der Waals surface area contributed by atoms with Crippen molar-refractivity contribution in [2.45, 2.75) is 43.9 Å². The molecule has 1 amide bonds. The number of carbonyl (C=O) groups excluding carboxylic acids is 1. The molecule has 33 heavy (non-hydrogen) atoms. The molecule has 7 rings (SSSR count). The van der Waals surface area contributed by atoms with Crippen molar-refractivity contribution in [3.63, 3.8) is 0 Å². The van der Waals surface area contributed by atoms with Crippen molar-refractivity contribution < 1.29 is 9.72 Å². The highest BCUT2D eigenvalue weighted by atomic mass is 16.6. The van der Waals surface area contributed by atoms with Gasteiger partial charge in [-0.3, -0.25) is 14.9 Å². The minimum Gasteiger partial charge on any atom is -0.316 e. The first-order valence-corrected chi connectivity index (χ1v) is 11.7. The van der Waals surface area contributed by atoms with E-state index in [2.05, 4.69) is 5.32 Å². The van der Waals surface area contributed by atoms with Gasteiger partial charge in [-0.2, -0.15) is 5.10 Å². The van der Waals surface area contributed by atoms with Gasteiger partial charge in [0.2, 0.25) is 0 Å². The van der Waals surface area contributed by atoms with Crippen molar-refractivity contribution in [2.75, 3.05) is 5.32 Å². The van der Waals surface area contributed by atoms with E-state index in [4.69, 9.17) is 5.10 Å². The minimum atomic E-state index is -0.469. The molecule has 0 radical (unpaired) electrons. The lowest BCUT2D eigenvalue weighted by Crippen LogP contribution is -2.49. The molecule has 7 nitrogen and oxygen atoms in total. The molecule has 4 saturated carbocycles. The molecule has 3 aromatic rings. The van der Waals surface area contributed by atoms with Crippen LogP contribution in [0, 0.1) is 27.9 Å². The normalized spacial score (nSPS) is 27.5. The van der Waals surface area contributed by atoms with Crippen LogP contribution in [0.4, 0.5) is 11.4 Å². The Morgan fingerprint density at radius 1 is 0.970 bits per heavy atom. The smallest absolute Gasteiger partial charge is 0.292 e. The van der Waals surface area contributed by atoms with Gasteiger partial charge in [0.15, 0.2) is 0 Å². The Morgan fingerprint density at radius 3 is 2.21 bits per heavy atom. The van der Waals surface area contributed by atoms with Gasteiger partial charge in [0, 0.05) is 17.7 Å². The first-order valence-electron chi connectivity index (χ1n) is 11.7. The molecule has 1 heterocycles. The number of nitro benzene ring substituents is 1. The molecule has 0 atom stereocenters. The molecule has 0 aliphatic heterocycles. The zero-order valence-electron chi connectivity index (χ0n) is 18.3. The van der Waals surface area contributed by atoms with Gasteiger partial charge < -0.3 is 5.32 Å². The van der Waals surface area contributed by atoms with Crippen LogP contribution in [-0.4, -0.2) is 20.6 Å². The molecule has 2 aromatic carbocycles. The van der Waals surface area contributed by atoms with Crippen molar-refractivity contribution in [2.24, 2.45) is 17.8 Å². The van der Waals surface area contributed by atoms with Gasteiger partial charge >= 0.3 is 0 Å². The van der Waals surface area contributed by atoms with Crippen molar-refractivity contribution >= 4 is 17.3 Å². The maximum atomic E-state index is 13.6. The van der Waals surface area contributed by atoms with E-state index in [1.807, 2.05) is 30.3 Å². The fourth-order valence-corrected chi connectivity index (χ4v) is 6.97. The molecule has 0 unspecified atom stereocenters. The molecule has 0 spiro atoms. The first kappa shape index (κ1) is 20.1. The lowest BCUT2D eigenvalue weighted by molar-refractivity contribution is -0.383. The highest BCUT2D eigenvalue weighted by molar-refractivity contribution is 6.06. The van der Waals surface area contributed by atoms with Crippen LogP contribution >= 0.6 is 0 Å². The molecule has 1 aromatic heterocycles. The number of hydrogen-bond acceptors (Lipinski definition) is 4. The van der Waals surface area contributed by atoms with Gasteiger partial charge in [-0.15, -0.1) is 0 Å². The number of hydrogen-bond donors (Lipinski definition) is 1. The Balaban J connectivity index is 1.43. The summed E-state index contributed by atoms with van der Waals surface area (Å²) in [5.41, 5.74) is 2.30. The number of nitrogens with one attached hydrogen (secondary N) is 1. The number of aromatic nitrogens is 2. The predicted octanol–water partition coefficient (Wildman–Crippen LogP) is 5.50. The van der Waals surface area contributed by atoms with Crippen LogP contribution in [-0.2, 0) is 5.41 Å². The molecule has 4 aliphatic rings. The van der Waals surface area contributed by atoms with Gasteiger partial charge in [0.25, 0.3) is 11.6 Å². The highest BCUT2D eigenvalue weighted by Crippen LogP contribution is 2.61. The van der Waals surface area contributed by atoms with Gasteiger partial charge in [0.05, 0.1) is 21.9 Å².